The van der Waals surface area contributed by atoms with Crippen LogP contribution in [0.1, 0.15) is 21.5 Å². The fraction of sp³-hybridized carbons (Fsp3) is 0.176. The van der Waals surface area contributed by atoms with Gasteiger partial charge in [0.2, 0.25) is 0 Å². The average molecular weight is 401 g/mol. The summed E-state index contributed by atoms with van der Waals surface area (Å²) in [7, 11) is 1.43. The molecule has 1 N–H and O–H groups in total. The maximum atomic E-state index is 12.8. The molecular weight excluding hydrogens is 389 g/mol. The molecule has 1 aromatic heterocycles. The van der Waals surface area contributed by atoms with Crippen LogP contribution in [-0.4, -0.2) is 18.0 Å². The topological polar surface area (TPSA) is 51.2 Å². The number of hydrogen-bond acceptors (Lipinski definition) is 4. The average Bonchev–Trinajstić information content (AvgIpc) is 2.94. The largest absolute Gasteiger partial charge is 0.496 e. The zero-order chi connectivity index (χ0) is 19.1. The fourth-order valence-electron chi connectivity index (χ4n) is 2.49. The molecule has 0 bridgehead atoms. The van der Waals surface area contributed by atoms with Gasteiger partial charge in [-0.1, -0.05) is 22.9 Å². The molecule has 1 heterocycles. The molecule has 0 fully saturated rings. The Bertz CT molecular complexity index is 1000. The number of carbonyl (C=O) groups excluding carboxylic acids is 1. The number of fused-ring (bicyclic) bond motifs is 1. The molecule has 3 aromatic rings. The van der Waals surface area contributed by atoms with Gasteiger partial charge in [-0.3, -0.25) is 10.1 Å². The Hall–Kier alpha value is -2.32. The van der Waals surface area contributed by atoms with Crippen molar-refractivity contribution in [3.05, 3.63) is 52.0 Å². The number of ether oxygens (including phenoxy) is 1. The first-order valence-electron chi connectivity index (χ1n) is 7.32. The van der Waals surface area contributed by atoms with Gasteiger partial charge in [-0.2, -0.15) is 13.2 Å². The van der Waals surface area contributed by atoms with Gasteiger partial charge in [-0.25, -0.2) is 4.98 Å². The number of nitrogens with one attached hydrogen (secondary N) is 1. The van der Waals surface area contributed by atoms with E-state index >= 15 is 0 Å². The number of nitrogens with zero attached hydrogens (tertiary/aromatic N) is 1. The number of benzene rings is 2. The third-order valence-corrected chi connectivity index (χ3v) is 4.78. The van der Waals surface area contributed by atoms with E-state index in [2.05, 4.69) is 10.3 Å². The monoisotopic (exact) mass is 400 g/mol. The summed E-state index contributed by atoms with van der Waals surface area (Å²) in [6, 6.07) is 6.35. The van der Waals surface area contributed by atoms with E-state index in [9.17, 15) is 18.0 Å². The molecule has 0 aliphatic heterocycles. The molecule has 136 valence electrons. The lowest BCUT2D eigenvalue weighted by Gasteiger charge is -2.11. The van der Waals surface area contributed by atoms with Crippen LogP contribution in [0.25, 0.3) is 10.2 Å². The van der Waals surface area contributed by atoms with Gasteiger partial charge in [0.05, 0.1) is 28.5 Å². The SMILES string of the molecule is COc1c(C)cc(Cl)cc1C(=O)Nc1nc2ccc(C(F)(F)F)cc2s1. The van der Waals surface area contributed by atoms with Gasteiger partial charge in [-0.05, 0) is 42.8 Å². The Kier molecular flexibility index (Phi) is 4.81. The van der Waals surface area contributed by atoms with Crippen molar-refractivity contribution in [2.75, 3.05) is 12.4 Å². The van der Waals surface area contributed by atoms with E-state index in [0.29, 0.717) is 26.6 Å². The summed E-state index contributed by atoms with van der Waals surface area (Å²) < 4.78 is 44.0. The van der Waals surface area contributed by atoms with E-state index < -0.39 is 17.6 Å². The van der Waals surface area contributed by atoms with Crippen LogP contribution in [-0.2, 0) is 6.18 Å². The fourth-order valence-corrected chi connectivity index (χ4v) is 3.66. The molecule has 4 nitrogen and oxygen atoms in total. The van der Waals surface area contributed by atoms with Crippen molar-refractivity contribution in [1.82, 2.24) is 4.98 Å². The lowest BCUT2D eigenvalue weighted by atomic mass is 10.1. The van der Waals surface area contributed by atoms with Crippen molar-refractivity contribution < 1.29 is 22.7 Å². The normalized spacial score (nSPS) is 11.6. The number of aromatic nitrogens is 1. The van der Waals surface area contributed by atoms with Crippen molar-refractivity contribution in [3.8, 4) is 5.75 Å². The van der Waals surface area contributed by atoms with E-state index in [1.807, 2.05) is 0 Å². The third-order valence-electron chi connectivity index (χ3n) is 3.62. The van der Waals surface area contributed by atoms with E-state index in [1.165, 1.54) is 19.2 Å². The first-order valence-corrected chi connectivity index (χ1v) is 8.52. The zero-order valence-electron chi connectivity index (χ0n) is 13.6. The van der Waals surface area contributed by atoms with Crippen LogP contribution in [0.2, 0.25) is 5.02 Å². The number of amides is 1. The molecule has 9 heteroatoms. The van der Waals surface area contributed by atoms with Crippen LogP contribution in [0.5, 0.6) is 5.75 Å². The lowest BCUT2D eigenvalue weighted by Crippen LogP contribution is -2.13. The van der Waals surface area contributed by atoms with Gasteiger partial charge in [-0.15, -0.1) is 0 Å². The molecule has 0 unspecified atom stereocenters. The molecule has 0 aliphatic rings. The summed E-state index contributed by atoms with van der Waals surface area (Å²) in [6.07, 6.45) is -4.44. The summed E-state index contributed by atoms with van der Waals surface area (Å²) in [4.78, 5) is 16.7. The highest BCUT2D eigenvalue weighted by molar-refractivity contribution is 7.22. The van der Waals surface area contributed by atoms with Crippen LogP contribution >= 0.6 is 22.9 Å². The molecule has 0 spiro atoms. The number of halogens is 4. The van der Waals surface area contributed by atoms with Gasteiger partial charge in [0, 0.05) is 5.02 Å². The van der Waals surface area contributed by atoms with Gasteiger partial charge >= 0.3 is 6.18 Å². The van der Waals surface area contributed by atoms with Crippen LogP contribution in [0.15, 0.2) is 30.3 Å². The maximum absolute atomic E-state index is 12.8. The lowest BCUT2D eigenvalue weighted by molar-refractivity contribution is -0.137. The van der Waals surface area contributed by atoms with Crippen LogP contribution in [0.4, 0.5) is 18.3 Å². The summed E-state index contributed by atoms with van der Waals surface area (Å²) in [5.74, 6) is -0.144. The van der Waals surface area contributed by atoms with Crippen LogP contribution in [0, 0.1) is 6.92 Å². The predicted octanol–water partition coefficient (Wildman–Crippen LogP) is 5.54. The molecule has 0 radical (unpaired) electrons. The Morgan fingerprint density at radius 2 is 2.00 bits per heavy atom. The highest BCUT2D eigenvalue weighted by Gasteiger charge is 2.30. The second-order valence-corrected chi connectivity index (χ2v) is 6.92. The highest BCUT2D eigenvalue weighted by atomic mass is 35.5. The molecule has 3 rings (SSSR count). The first-order chi connectivity index (χ1) is 12.2. The molecule has 26 heavy (non-hydrogen) atoms. The minimum Gasteiger partial charge on any atom is -0.496 e. The van der Waals surface area contributed by atoms with Gasteiger partial charge < -0.3 is 4.74 Å². The Labute approximate surface area is 155 Å². The minimum absolute atomic E-state index is 0.184. The van der Waals surface area contributed by atoms with Gasteiger partial charge in [0.1, 0.15) is 5.75 Å². The number of thiazole rings is 1. The van der Waals surface area contributed by atoms with Crippen LogP contribution in [0.3, 0.4) is 0 Å². The third kappa shape index (κ3) is 3.61. The van der Waals surface area contributed by atoms with Gasteiger partial charge in [0.25, 0.3) is 5.91 Å². The van der Waals surface area contributed by atoms with Crippen molar-refractivity contribution in [1.29, 1.82) is 0 Å². The Morgan fingerprint density at radius 3 is 2.65 bits per heavy atom. The number of carbonyl (C=O) groups is 1. The quantitative estimate of drug-likeness (QED) is 0.628. The molecular formula is C17H12ClF3N2O2S. The first kappa shape index (κ1) is 18.5. The zero-order valence-corrected chi connectivity index (χ0v) is 15.1. The summed E-state index contributed by atoms with van der Waals surface area (Å²) in [5, 5.41) is 3.14. The number of methoxy groups -OCH3 is 1. The molecule has 0 saturated heterocycles. The number of rotatable bonds is 3. The summed E-state index contributed by atoms with van der Waals surface area (Å²) in [6.45, 7) is 1.75. The second-order valence-electron chi connectivity index (χ2n) is 5.46. The van der Waals surface area contributed by atoms with Crippen molar-refractivity contribution >= 4 is 44.2 Å². The standard InChI is InChI=1S/C17H12ClF3N2O2S/c1-8-5-10(18)7-11(14(8)25-2)15(24)23-16-22-12-4-3-9(17(19,20)21)6-13(12)26-16/h3-7H,1-2H3,(H,22,23,24). The Morgan fingerprint density at radius 1 is 1.27 bits per heavy atom. The molecule has 0 aliphatic carbocycles. The van der Waals surface area contributed by atoms with E-state index in [1.54, 1.807) is 13.0 Å². The highest BCUT2D eigenvalue weighted by Crippen LogP contribution is 2.35. The molecule has 1 amide bonds. The smallest absolute Gasteiger partial charge is 0.416 e. The second kappa shape index (κ2) is 6.77. The maximum Gasteiger partial charge on any atom is 0.416 e. The molecule has 0 saturated carbocycles. The number of hydrogen-bond donors (Lipinski definition) is 1. The molecule has 2 aromatic carbocycles. The van der Waals surface area contributed by atoms with E-state index in [-0.39, 0.29) is 10.7 Å². The summed E-state index contributed by atoms with van der Waals surface area (Å²) in [5.41, 5.74) is 0.503. The van der Waals surface area contributed by atoms with Crippen molar-refractivity contribution in [2.45, 2.75) is 13.1 Å². The van der Waals surface area contributed by atoms with E-state index in [4.69, 9.17) is 16.3 Å². The number of aryl methyl sites for hydroxylation is 1. The summed E-state index contributed by atoms with van der Waals surface area (Å²) >= 11 is 6.95. The minimum atomic E-state index is -4.44. The Balaban J connectivity index is 1.93. The molecule has 0 atom stereocenters. The number of alkyl halides is 3. The predicted molar refractivity (Wildman–Crippen MR) is 95.3 cm³/mol. The number of anilines is 1. The van der Waals surface area contributed by atoms with Crippen LogP contribution < -0.4 is 10.1 Å². The van der Waals surface area contributed by atoms with E-state index in [0.717, 1.165) is 23.5 Å². The van der Waals surface area contributed by atoms with Gasteiger partial charge in [0.15, 0.2) is 5.13 Å². The van der Waals surface area contributed by atoms with Crippen molar-refractivity contribution in [2.24, 2.45) is 0 Å². The van der Waals surface area contributed by atoms with Crippen molar-refractivity contribution in [3.63, 3.8) is 0 Å².